The average molecular weight is 246 g/mol. The summed E-state index contributed by atoms with van der Waals surface area (Å²) in [5.74, 6) is 0.274. The van der Waals surface area contributed by atoms with Gasteiger partial charge in [-0.3, -0.25) is 4.79 Å². The number of benzene rings is 1. The smallest absolute Gasteiger partial charge is 0.222 e. The van der Waals surface area contributed by atoms with Crippen LogP contribution in [0.15, 0.2) is 30.3 Å². The Kier molecular flexibility index (Phi) is 4.76. The molecule has 98 valence electrons. The maximum atomic E-state index is 11.7. The fourth-order valence-electron chi connectivity index (χ4n) is 2.44. The minimum atomic E-state index is 0.178. The van der Waals surface area contributed by atoms with Gasteiger partial charge in [-0.15, -0.1) is 0 Å². The predicted octanol–water partition coefficient (Wildman–Crippen LogP) is 1.96. The van der Waals surface area contributed by atoms with Gasteiger partial charge in [0, 0.05) is 25.6 Å². The van der Waals surface area contributed by atoms with E-state index in [1.165, 1.54) is 5.56 Å². The molecule has 0 radical (unpaired) electrons. The Morgan fingerprint density at radius 2 is 2.00 bits per heavy atom. The first-order valence-electron chi connectivity index (χ1n) is 6.83. The van der Waals surface area contributed by atoms with E-state index in [0.29, 0.717) is 6.42 Å². The summed E-state index contributed by atoms with van der Waals surface area (Å²) in [5, 5.41) is 0. The van der Waals surface area contributed by atoms with Crippen molar-refractivity contribution in [3.8, 4) is 0 Å². The largest absolute Gasteiger partial charge is 0.341 e. The molecule has 18 heavy (non-hydrogen) atoms. The number of nitrogens with zero attached hydrogens (tertiary/aromatic N) is 1. The monoisotopic (exact) mass is 246 g/mol. The Labute approximate surface area is 109 Å². The van der Waals surface area contributed by atoms with Crippen LogP contribution in [-0.2, 0) is 11.2 Å². The maximum absolute atomic E-state index is 11.7. The highest BCUT2D eigenvalue weighted by Crippen LogP contribution is 2.12. The number of carbonyl (C=O) groups excluding carboxylic acids is 1. The van der Waals surface area contributed by atoms with Gasteiger partial charge in [-0.1, -0.05) is 30.3 Å². The number of aryl methyl sites for hydroxylation is 1. The number of rotatable bonds is 5. The van der Waals surface area contributed by atoms with Crippen LogP contribution in [-0.4, -0.2) is 29.9 Å². The van der Waals surface area contributed by atoms with Crippen molar-refractivity contribution in [3.05, 3.63) is 35.9 Å². The summed E-state index contributed by atoms with van der Waals surface area (Å²) in [4.78, 5) is 13.6. The highest BCUT2D eigenvalue weighted by molar-refractivity contribution is 5.77. The van der Waals surface area contributed by atoms with Gasteiger partial charge in [0.25, 0.3) is 0 Å². The van der Waals surface area contributed by atoms with Crippen LogP contribution in [0.1, 0.15) is 31.2 Å². The standard InChI is InChI=1S/C15H22N2O/c16-14-9-10-15(18)17(12-14)11-5-4-8-13-6-2-1-3-7-13/h1-3,6-7,14H,4-5,8-12,16H2. The third-order valence-electron chi connectivity index (χ3n) is 3.52. The van der Waals surface area contributed by atoms with Crippen LogP contribution in [0.3, 0.4) is 0 Å². The zero-order valence-corrected chi connectivity index (χ0v) is 10.8. The molecule has 0 aromatic heterocycles. The Hall–Kier alpha value is -1.35. The van der Waals surface area contributed by atoms with Gasteiger partial charge in [-0.25, -0.2) is 0 Å². The Morgan fingerprint density at radius 1 is 1.22 bits per heavy atom. The summed E-state index contributed by atoms with van der Waals surface area (Å²) >= 11 is 0. The lowest BCUT2D eigenvalue weighted by Crippen LogP contribution is -2.46. The SMILES string of the molecule is NC1CCC(=O)N(CCCCc2ccccc2)C1. The number of hydrogen-bond donors (Lipinski definition) is 1. The molecule has 0 bridgehead atoms. The van der Waals surface area contributed by atoms with Crippen LogP contribution in [0.2, 0.25) is 0 Å². The molecular weight excluding hydrogens is 224 g/mol. The summed E-state index contributed by atoms with van der Waals surface area (Å²) in [6, 6.07) is 10.7. The first-order valence-corrected chi connectivity index (χ1v) is 6.83. The van der Waals surface area contributed by atoms with E-state index in [-0.39, 0.29) is 11.9 Å². The first kappa shape index (κ1) is 13.1. The van der Waals surface area contributed by atoms with E-state index in [4.69, 9.17) is 5.73 Å². The fraction of sp³-hybridized carbons (Fsp3) is 0.533. The van der Waals surface area contributed by atoms with Gasteiger partial charge in [-0.2, -0.15) is 0 Å². The van der Waals surface area contributed by atoms with E-state index in [9.17, 15) is 4.79 Å². The normalized spacial score (nSPS) is 20.2. The molecule has 1 unspecified atom stereocenters. The lowest BCUT2D eigenvalue weighted by molar-refractivity contribution is -0.133. The molecule has 3 heteroatoms. The van der Waals surface area contributed by atoms with Crippen LogP contribution in [0.5, 0.6) is 0 Å². The molecule has 1 amide bonds. The molecule has 0 saturated carbocycles. The maximum Gasteiger partial charge on any atom is 0.222 e. The summed E-state index contributed by atoms with van der Waals surface area (Å²) < 4.78 is 0. The van der Waals surface area contributed by atoms with Gasteiger partial charge >= 0.3 is 0 Å². The predicted molar refractivity (Wildman–Crippen MR) is 73.2 cm³/mol. The number of likely N-dealkylation sites (tertiary alicyclic amines) is 1. The van der Waals surface area contributed by atoms with Gasteiger partial charge < -0.3 is 10.6 Å². The summed E-state index contributed by atoms with van der Waals surface area (Å²) in [5.41, 5.74) is 7.26. The lowest BCUT2D eigenvalue weighted by Gasteiger charge is -2.30. The van der Waals surface area contributed by atoms with Gasteiger partial charge in [0.2, 0.25) is 5.91 Å². The summed E-state index contributed by atoms with van der Waals surface area (Å²) in [7, 11) is 0. The quantitative estimate of drug-likeness (QED) is 0.807. The van der Waals surface area contributed by atoms with Crippen molar-refractivity contribution in [1.82, 2.24) is 4.90 Å². The summed E-state index contributed by atoms with van der Waals surface area (Å²) in [6.45, 7) is 1.60. The summed E-state index contributed by atoms with van der Waals surface area (Å²) in [6.07, 6.45) is 4.75. The Balaban J connectivity index is 1.67. The van der Waals surface area contributed by atoms with Crippen molar-refractivity contribution in [2.24, 2.45) is 5.73 Å². The molecule has 1 aliphatic heterocycles. The highest BCUT2D eigenvalue weighted by Gasteiger charge is 2.22. The van der Waals surface area contributed by atoms with Crippen molar-refractivity contribution >= 4 is 5.91 Å². The number of amides is 1. The van der Waals surface area contributed by atoms with E-state index in [2.05, 4.69) is 24.3 Å². The molecule has 1 aromatic rings. The molecule has 2 rings (SSSR count). The zero-order valence-electron chi connectivity index (χ0n) is 10.8. The van der Waals surface area contributed by atoms with Gasteiger partial charge in [0.1, 0.15) is 0 Å². The van der Waals surface area contributed by atoms with Crippen molar-refractivity contribution in [2.45, 2.75) is 38.1 Å². The van der Waals surface area contributed by atoms with Crippen LogP contribution >= 0.6 is 0 Å². The van der Waals surface area contributed by atoms with E-state index in [1.807, 2.05) is 11.0 Å². The molecule has 2 N–H and O–H groups in total. The lowest BCUT2D eigenvalue weighted by atomic mass is 10.0. The number of carbonyl (C=O) groups is 1. The fourth-order valence-corrected chi connectivity index (χ4v) is 2.44. The molecule has 1 atom stereocenters. The topological polar surface area (TPSA) is 46.3 Å². The van der Waals surface area contributed by atoms with Crippen molar-refractivity contribution < 1.29 is 4.79 Å². The molecule has 1 heterocycles. The van der Waals surface area contributed by atoms with E-state index in [1.54, 1.807) is 0 Å². The third-order valence-corrected chi connectivity index (χ3v) is 3.52. The molecule has 1 aliphatic rings. The molecule has 1 saturated heterocycles. The van der Waals surface area contributed by atoms with Crippen LogP contribution in [0, 0.1) is 0 Å². The molecule has 1 fully saturated rings. The number of hydrogen-bond acceptors (Lipinski definition) is 2. The Bertz CT molecular complexity index is 377. The van der Waals surface area contributed by atoms with Crippen LogP contribution < -0.4 is 5.73 Å². The second-order valence-corrected chi connectivity index (χ2v) is 5.08. The van der Waals surface area contributed by atoms with Crippen molar-refractivity contribution in [1.29, 1.82) is 0 Å². The molecule has 3 nitrogen and oxygen atoms in total. The van der Waals surface area contributed by atoms with Gasteiger partial charge in [-0.05, 0) is 31.2 Å². The van der Waals surface area contributed by atoms with Gasteiger partial charge in [0.15, 0.2) is 0 Å². The van der Waals surface area contributed by atoms with E-state index in [0.717, 1.165) is 38.8 Å². The number of nitrogens with two attached hydrogens (primary N) is 1. The highest BCUT2D eigenvalue weighted by atomic mass is 16.2. The second kappa shape index (κ2) is 6.55. The van der Waals surface area contributed by atoms with E-state index < -0.39 is 0 Å². The number of piperidine rings is 1. The third kappa shape index (κ3) is 3.84. The van der Waals surface area contributed by atoms with Crippen molar-refractivity contribution in [3.63, 3.8) is 0 Å². The first-order chi connectivity index (χ1) is 8.75. The van der Waals surface area contributed by atoms with E-state index >= 15 is 0 Å². The van der Waals surface area contributed by atoms with Crippen LogP contribution in [0.4, 0.5) is 0 Å². The minimum Gasteiger partial charge on any atom is -0.341 e. The van der Waals surface area contributed by atoms with Gasteiger partial charge in [0.05, 0.1) is 0 Å². The Morgan fingerprint density at radius 3 is 2.78 bits per heavy atom. The van der Waals surface area contributed by atoms with Crippen molar-refractivity contribution in [2.75, 3.05) is 13.1 Å². The van der Waals surface area contributed by atoms with Crippen LogP contribution in [0.25, 0.3) is 0 Å². The zero-order chi connectivity index (χ0) is 12.8. The molecule has 0 aliphatic carbocycles. The number of unbranched alkanes of at least 4 members (excludes halogenated alkanes) is 1. The minimum absolute atomic E-state index is 0.178. The average Bonchev–Trinajstić information content (AvgIpc) is 2.40. The molecular formula is C15H22N2O. The molecule has 1 aromatic carbocycles. The molecule has 0 spiro atoms. The second-order valence-electron chi connectivity index (χ2n) is 5.08.